The molecular formula is C20H20FNO3. The van der Waals surface area contributed by atoms with Gasteiger partial charge in [-0.15, -0.1) is 0 Å². The molecule has 0 radical (unpaired) electrons. The Morgan fingerprint density at radius 2 is 1.88 bits per heavy atom. The monoisotopic (exact) mass is 341 g/mol. The molecule has 3 rings (SSSR count). The molecule has 0 saturated heterocycles. The van der Waals surface area contributed by atoms with Gasteiger partial charge in [0.15, 0.2) is 5.76 Å². The van der Waals surface area contributed by atoms with Gasteiger partial charge in [0.25, 0.3) is 5.91 Å². The molecule has 4 nitrogen and oxygen atoms in total. The molecule has 0 spiro atoms. The normalized spacial score (nSPS) is 12.3. The standard InChI is InChI=1S/C20H20FNO3/c1-13(14-8-10-15(21)11-9-14)22(2)20(23)19-17(12-24-3)16-6-4-5-7-18(16)25-19/h4-11,13H,12H2,1-3H3. The van der Waals surface area contributed by atoms with E-state index < -0.39 is 0 Å². The number of furan rings is 1. The first-order valence-electron chi connectivity index (χ1n) is 8.05. The summed E-state index contributed by atoms with van der Waals surface area (Å²) in [6.07, 6.45) is 0. The van der Waals surface area contributed by atoms with Crippen molar-refractivity contribution in [2.24, 2.45) is 0 Å². The zero-order chi connectivity index (χ0) is 18.0. The summed E-state index contributed by atoms with van der Waals surface area (Å²) in [6, 6.07) is 13.4. The Balaban J connectivity index is 1.95. The summed E-state index contributed by atoms with van der Waals surface area (Å²) in [5.74, 6) is -0.260. The lowest BCUT2D eigenvalue weighted by Gasteiger charge is -2.25. The number of fused-ring (bicyclic) bond motifs is 1. The van der Waals surface area contributed by atoms with E-state index >= 15 is 0 Å². The molecule has 0 fully saturated rings. The predicted molar refractivity (Wildman–Crippen MR) is 93.8 cm³/mol. The SMILES string of the molecule is COCc1c(C(=O)N(C)C(C)c2ccc(F)cc2)oc2ccccc12. The summed E-state index contributed by atoms with van der Waals surface area (Å²) < 4.78 is 24.2. The van der Waals surface area contributed by atoms with E-state index in [1.807, 2.05) is 31.2 Å². The second kappa shape index (κ2) is 7.07. The van der Waals surface area contributed by atoms with Gasteiger partial charge in [0.05, 0.1) is 12.6 Å². The third kappa shape index (κ3) is 3.28. The number of carbonyl (C=O) groups excluding carboxylic acids is 1. The highest BCUT2D eigenvalue weighted by Gasteiger charge is 2.26. The summed E-state index contributed by atoms with van der Waals surface area (Å²) in [4.78, 5) is 14.6. The first kappa shape index (κ1) is 17.2. The maximum atomic E-state index is 13.1. The lowest BCUT2D eigenvalue weighted by molar-refractivity contribution is 0.0706. The number of hydrogen-bond donors (Lipinski definition) is 0. The van der Waals surface area contributed by atoms with Crippen LogP contribution >= 0.6 is 0 Å². The molecule has 1 heterocycles. The number of rotatable bonds is 5. The molecule has 1 atom stereocenters. The average molecular weight is 341 g/mol. The minimum Gasteiger partial charge on any atom is -0.451 e. The summed E-state index contributed by atoms with van der Waals surface area (Å²) in [6.45, 7) is 2.18. The number of halogens is 1. The Bertz CT molecular complexity index is 886. The molecular weight excluding hydrogens is 321 g/mol. The van der Waals surface area contributed by atoms with Crippen LogP contribution in [0.3, 0.4) is 0 Å². The maximum absolute atomic E-state index is 13.1. The summed E-state index contributed by atoms with van der Waals surface area (Å²) in [7, 11) is 3.29. The molecule has 0 bridgehead atoms. The Labute approximate surface area is 145 Å². The number of benzene rings is 2. The molecule has 2 aromatic carbocycles. The van der Waals surface area contributed by atoms with E-state index in [0.717, 1.165) is 16.5 Å². The Kier molecular flexibility index (Phi) is 4.86. The van der Waals surface area contributed by atoms with Crippen LogP contribution in [0.2, 0.25) is 0 Å². The van der Waals surface area contributed by atoms with Gasteiger partial charge in [0.2, 0.25) is 0 Å². The quantitative estimate of drug-likeness (QED) is 0.684. The van der Waals surface area contributed by atoms with Crippen molar-refractivity contribution in [2.45, 2.75) is 19.6 Å². The van der Waals surface area contributed by atoms with E-state index in [-0.39, 0.29) is 30.1 Å². The molecule has 0 aliphatic heterocycles. The number of nitrogens with zero attached hydrogens (tertiary/aromatic N) is 1. The van der Waals surface area contributed by atoms with Crippen molar-refractivity contribution in [3.05, 3.63) is 71.2 Å². The molecule has 25 heavy (non-hydrogen) atoms. The summed E-state index contributed by atoms with van der Waals surface area (Å²) in [5, 5.41) is 0.871. The van der Waals surface area contributed by atoms with Gasteiger partial charge in [0.1, 0.15) is 11.4 Å². The van der Waals surface area contributed by atoms with Crippen LogP contribution in [0.4, 0.5) is 4.39 Å². The molecule has 3 aromatic rings. The molecule has 5 heteroatoms. The van der Waals surface area contributed by atoms with Crippen molar-refractivity contribution in [1.82, 2.24) is 4.90 Å². The van der Waals surface area contributed by atoms with Crippen LogP contribution < -0.4 is 0 Å². The van der Waals surface area contributed by atoms with Crippen LogP contribution in [0.15, 0.2) is 52.9 Å². The highest BCUT2D eigenvalue weighted by atomic mass is 19.1. The number of para-hydroxylation sites is 1. The van der Waals surface area contributed by atoms with Crippen LogP contribution in [0, 0.1) is 5.82 Å². The van der Waals surface area contributed by atoms with E-state index in [9.17, 15) is 9.18 Å². The minimum absolute atomic E-state index is 0.225. The van der Waals surface area contributed by atoms with Crippen molar-refractivity contribution < 1.29 is 18.3 Å². The fourth-order valence-corrected chi connectivity index (χ4v) is 2.86. The van der Waals surface area contributed by atoms with Crippen LogP contribution in [-0.4, -0.2) is 25.0 Å². The Morgan fingerprint density at radius 3 is 2.56 bits per heavy atom. The van der Waals surface area contributed by atoms with Gasteiger partial charge in [-0.05, 0) is 30.7 Å². The Morgan fingerprint density at radius 1 is 1.20 bits per heavy atom. The van der Waals surface area contributed by atoms with E-state index in [0.29, 0.717) is 5.58 Å². The van der Waals surface area contributed by atoms with Crippen molar-refractivity contribution in [3.8, 4) is 0 Å². The van der Waals surface area contributed by atoms with Crippen LogP contribution in [0.5, 0.6) is 0 Å². The second-order valence-electron chi connectivity index (χ2n) is 5.98. The topological polar surface area (TPSA) is 42.7 Å². The first-order valence-corrected chi connectivity index (χ1v) is 8.05. The van der Waals surface area contributed by atoms with Crippen LogP contribution in [-0.2, 0) is 11.3 Å². The van der Waals surface area contributed by atoms with Gasteiger partial charge in [-0.1, -0.05) is 30.3 Å². The summed E-state index contributed by atoms with van der Waals surface area (Å²) in [5.41, 5.74) is 2.24. The molecule has 0 aliphatic carbocycles. The predicted octanol–water partition coefficient (Wildman–Crippen LogP) is 4.55. The number of methoxy groups -OCH3 is 1. The van der Waals surface area contributed by atoms with Gasteiger partial charge in [-0.25, -0.2) is 4.39 Å². The van der Waals surface area contributed by atoms with Crippen molar-refractivity contribution in [1.29, 1.82) is 0 Å². The van der Waals surface area contributed by atoms with E-state index in [1.54, 1.807) is 31.2 Å². The molecule has 1 amide bonds. The molecule has 0 aliphatic rings. The van der Waals surface area contributed by atoms with Gasteiger partial charge >= 0.3 is 0 Å². The maximum Gasteiger partial charge on any atom is 0.290 e. The van der Waals surface area contributed by atoms with E-state index in [4.69, 9.17) is 9.15 Å². The molecule has 0 saturated carbocycles. The molecule has 1 aromatic heterocycles. The largest absolute Gasteiger partial charge is 0.451 e. The smallest absolute Gasteiger partial charge is 0.290 e. The lowest BCUT2D eigenvalue weighted by Crippen LogP contribution is -2.30. The fourth-order valence-electron chi connectivity index (χ4n) is 2.86. The lowest BCUT2D eigenvalue weighted by atomic mass is 10.1. The third-order valence-electron chi connectivity index (χ3n) is 4.43. The van der Waals surface area contributed by atoms with Crippen LogP contribution in [0.1, 0.15) is 34.6 Å². The van der Waals surface area contributed by atoms with Crippen molar-refractivity contribution in [2.75, 3.05) is 14.2 Å². The number of hydrogen-bond acceptors (Lipinski definition) is 3. The molecule has 130 valence electrons. The van der Waals surface area contributed by atoms with E-state index in [2.05, 4.69) is 0 Å². The second-order valence-corrected chi connectivity index (χ2v) is 5.98. The van der Waals surface area contributed by atoms with E-state index in [1.165, 1.54) is 12.1 Å². The van der Waals surface area contributed by atoms with Gasteiger partial charge < -0.3 is 14.1 Å². The van der Waals surface area contributed by atoms with Gasteiger partial charge in [-0.2, -0.15) is 0 Å². The average Bonchev–Trinajstić information content (AvgIpc) is 2.99. The first-order chi connectivity index (χ1) is 12.0. The zero-order valence-corrected chi connectivity index (χ0v) is 14.5. The van der Waals surface area contributed by atoms with Gasteiger partial charge in [-0.3, -0.25) is 4.79 Å². The zero-order valence-electron chi connectivity index (χ0n) is 14.5. The molecule has 0 N–H and O–H groups in total. The van der Waals surface area contributed by atoms with Crippen molar-refractivity contribution in [3.63, 3.8) is 0 Å². The number of carbonyl (C=O) groups is 1. The van der Waals surface area contributed by atoms with Gasteiger partial charge in [0, 0.05) is 25.1 Å². The number of amides is 1. The Hall–Kier alpha value is -2.66. The van der Waals surface area contributed by atoms with Crippen LogP contribution in [0.25, 0.3) is 11.0 Å². The highest BCUT2D eigenvalue weighted by molar-refractivity contribution is 5.99. The van der Waals surface area contributed by atoms with Crippen molar-refractivity contribution >= 4 is 16.9 Å². The highest BCUT2D eigenvalue weighted by Crippen LogP contribution is 2.29. The number of ether oxygens (including phenoxy) is 1. The minimum atomic E-state index is -0.301. The summed E-state index contributed by atoms with van der Waals surface area (Å²) >= 11 is 0. The molecule has 1 unspecified atom stereocenters. The third-order valence-corrected chi connectivity index (χ3v) is 4.43. The fraction of sp³-hybridized carbons (Fsp3) is 0.250.